The third-order valence-electron chi connectivity index (χ3n) is 3.82. The third-order valence-corrected chi connectivity index (χ3v) is 3.82. The van der Waals surface area contributed by atoms with Crippen LogP contribution in [0.15, 0.2) is 24.3 Å². The van der Waals surface area contributed by atoms with Crippen molar-refractivity contribution in [1.29, 1.82) is 0 Å². The van der Waals surface area contributed by atoms with Gasteiger partial charge in [0.25, 0.3) is 5.91 Å². The lowest BCUT2D eigenvalue weighted by Gasteiger charge is -2.42. The van der Waals surface area contributed by atoms with Gasteiger partial charge < -0.3 is 30.8 Å². The Hall–Kier alpha value is -1.51. The van der Waals surface area contributed by atoms with E-state index in [4.69, 9.17) is 0 Å². The first kappa shape index (κ1) is 15.9. The summed E-state index contributed by atoms with van der Waals surface area (Å²) in [5.41, 5.74) is 1.06. The van der Waals surface area contributed by atoms with E-state index >= 15 is 0 Å². The molecular formula is C14H19NO6. The molecule has 1 fully saturated rings. The molecule has 7 heteroatoms. The molecule has 0 radical (unpaired) electrons. The summed E-state index contributed by atoms with van der Waals surface area (Å²) in [4.78, 5) is 12.2. The second kappa shape index (κ2) is 6.08. The molecule has 0 spiro atoms. The van der Waals surface area contributed by atoms with Gasteiger partial charge in [0.05, 0.1) is 6.04 Å². The Morgan fingerprint density at radius 3 is 1.90 bits per heavy atom. The van der Waals surface area contributed by atoms with Gasteiger partial charge in [-0.25, -0.2) is 0 Å². The van der Waals surface area contributed by atoms with Crippen molar-refractivity contribution in [3.05, 3.63) is 35.4 Å². The summed E-state index contributed by atoms with van der Waals surface area (Å²) in [6, 6.07) is 5.46. The van der Waals surface area contributed by atoms with Crippen molar-refractivity contribution in [1.82, 2.24) is 5.32 Å². The zero-order chi connectivity index (χ0) is 15.7. The van der Waals surface area contributed by atoms with Crippen molar-refractivity contribution < 1.29 is 30.3 Å². The Morgan fingerprint density at radius 1 is 0.905 bits per heavy atom. The maximum Gasteiger partial charge on any atom is 0.251 e. The van der Waals surface area contributed by atoms with Gasteiger partial charge in [-0.05, 0) is 18.6 Å². The van der Waals surface area contributed by atoms with Gasteiger partial charge in [-0.3, -0.25) is 4.79 Å². The molecular weight excluding hydrogens is 278 g/mol. The number of aryl methyl sites for hydroxylation is 1. The molecule has 6 N–H and O–H groups in total. The molecule has 116 valence electrons. The van der Waals surface area contributed by atoms with Crippen LogP contribution in [0.4, 0.5) is 0 Å². The normalized spacial score (nSPS) is 36.3. The molecule has 1 aliphatic carbocycles. The maximum absolute atomic E-state index is 12.2. The summed E-state index contributed by atoms with van der Waals surface area (Å²) in [7, 11) is 0. The highest BCUT2D eigenvalue weighted by Crippen LogP contribution is 2.22. The van der Waals surface area contributed by atoms with E-state index in [1.165, 1.54) is 0 Å². The van der Waals surface area contributed by atoms with E-state index in [1.807, 2.05) is 0 Å². The van der Waals surface area contributed by atoms with Crippen LogP contribution in [0.25, 0.3) is 0 Å². The van der Waals surface area contributed by atoms with Crippen molar-refractivity contribution in [2.24, 2.45) is 0 Å². The van der Waals surface area contributed by atoms with E-state index in [0.717, 1.165) is 0 Å². The number of hydrogen-bond donors (Lipinski definition) is 6. The minimum atomic E-state index is -1.68. The predicted octanol–water partition coefficient (Wildman–Crippen LogP) is -2.09. The number of hydrogen-bond acceptors (Lipinski definition) is 6. The van der Waals surface area contributed by atoms with Gasteiger partial charge in [0.2, 0.25) is 0 Å². The molecule has 0 bridgehead atoms. The number of nitrogens with one attached hydrogen (secondary N) is 1. The monoisotopic (exact) mass is 297 g/mol. The van der Waals surface area contributed by atoms with Crippen molar-refractivity contribution in [3.63, 3.8) is 0 Å². The average Bonchev–Trinajstić information content (AvgIpc) is 2.48. The lowest BCUT2D eigenvalue weighted by molar-refractivity contribution is -0.188. The van der Waals surface area contributed by atoms with E-state index in [-0.39, 0.29) is 0 Å². The fraction of sp³-hybridized carbons (Fsp3) is 0.500. The smallest absolute Gasteiger partial charge is 0.251 e. The summed E-state index contributed by atoms with van der Waals surface area (Å²) in [5.74, 6) is -0.549. The molecule has 1 aromatic rings. The van der Waals surface area contributed by atoms with E-state index in [9.17, 15) is 30.3 Å². The van der Waals surface area contributed by atoms with Gasteiger partial charge in [-0.2, -0.15) is 0 Å². The summed E-state index contributed by atoms with van der Waals surface area (Å²) in [6.07, 6.45) is -8.18. The van der Waals surface area contributed by atoms with Crippen LogP contribution in [-0.4, -0.2) is 68.0 Å². The molecule has 0 aromatic heterocycles. The minimum Gasteiger partial charge on any atom is -0.388 e. The summed E-state index contributed by atoms with van der Waals surface area (Å²) >= 11 is 0. The van der Waals surface area contributed by atoms with Crippen molar-refractivity contribution in [2.45, 2.75) is 43.5 Å². The number of amides is 1. The highest BCUT2D eigenvalue weighted by Gasteiger charge is 2.48. The van der Waals surface area contributed by atoms with Gasteiger partial charge in [-0.1, -0.05) is 18.2 Å². The summed E-state index contributed by atoms with van der Waals surface area (Å²) in [6.45, 7) is 1.73. The molecule has 1 saturated carbocycles. The lowest BCUT2D eigenvalue weighted by atomic mass is 9.83. The zero-order valence-corrected chi connectivity index (χ0v) is 11.4. The largest absolute Gasteiger partial charge is 0.388 e. The molecule has 0 aliphatic heterocycles. The molecule has 6 atom stereocenters. The van der Waals surface area contributed by atoms with Gasteiger partial charge in [0.15, 0.2) is 0 Å². The molecule has 21 heavy (non-hydrogen) atoms. The van der Waals surface area contributed by atoms with E-state index in [0.29, 0.717) is 11.1 Å². The van der Waals surface area contributed by atoms with Crippen LogP contribution in [0, 0.1) is 6.92 Å². The maximum atomic E-state index is 12.2. The van der Waals surface area contributed by atoms with Gasteiger partial charge in [0.1, 0.15) is 30.5 Å². The van der Waals surface area contributed by atoms with Crippen molar-refractivity contribution >= 4 is 5.91 Å². The molecule has 2 rings (SSSR count). The van der Waals surface area contributed by atoms with Crippen LogP contribution in [0.1, 0.15) is 15.9 Å². The van der Waals surface area contributed by atoms with Crippen LogP contribution in [0.2, 0.25) is 0 Å². The average molecular weight is 297 g/mol. The Bertz CT molecular complexity index is 506. The first-order chi connectivity index (χ1) is 9.84. The quantitative estimate of drug-likeness (QED) is 0.371. The van der Waals surface area contributed by atoms with Crippen LogP contribution in [0.5, 0.6) is 0 Å². The predicted molar refractivity (Wildman–Crippen MR) is 72.5 cm³/mol. The van der Waals surface area contributed by atoms with E-state index in [1.54, 1.807) is 31.2 Å². The Balaban J connectivity index is 2.18. The first-order valence-electron chi connectivity index (χ1n) is 6.61. The number of rotatable bonds is 2. The molecule has 0 saturated heterocycles. The molecule has 1 amide bonds. The molecule has 1 aliphatic rings. The van der Waals surface area contributed by atoms with Gasteiger partial charge >= 0.3 is 0 Å². The topological polar surface area (TPSA) is 130 Å². The first-order valence-corrected chi connectivity index (χ1v) is 6.61. The highest BCUT2D eigenvalue weighted by atomic mass is 16.4. The van der Waals surface area contributed by atoms with E-state index < -0.39 is 42.5 Å². The van der Waals surface area contributed by atoms with Crippen LogP contribution in [0.3, 0.4) is 0 Å². The number of aliphatic hydroxyl groups excluding tert-OH is 5. The Morgan fingerprint density at radius 2 is 1.38 bits per heavy atom. The second-order valence-corrected chi connectivity index (χ2v) is 5.27. The van der Waals surface area contributed by atoms with E-state index in [2.05, 4.69) is 5.32 Å². The molecule has 1 aromatic carbocycles. The van der Waals surface area contributed by atoms with Crippen molar-refractivity contribution in [2.75, 3.05) is 0 Å². The Kier molecular flexibility index (Phi) is 4.60. The lowest BCUT2D eigenvalue weighted by Crippen LogP contribution is -2.68. The number of carbonyl (C=O) groups is 1. The number of benzene rings is 1. The molecule has 2 unspecified atom stereocenters. The SMILES string of the molecule is Cc1ccccc1C(=O)NC1[C@@H](O)[C@H](O)C(O)[C@H](O)[C@H]1O. The van der Waals surface area contributed by atoms with Gasteiger partial charge in [0, 0.05) is 5.56 Å². The third kappa shape index (κ3) is 2.92. The summed E-state index contributed by atoms with van der Waals surface area (Å²) in [5, 5.41) is 50.8. The Labute approximate surface area is 121 Å². The van der Waals surface area contributed by atoms with Crippen molar-refractivity contribution in [3.8, 4) is 0 Å². The number of carbonyl (C=O) groups excluding carboxylic acids is 1. The number of aliphatic hydroxyl groups is 5. The highest BCUT2D eigenvalue weighted by molar-refractivity contribution is 5.95. The van der Waals surface area contributed by atoms with Crippen LogP contribution in [-0.2, 0) is 0 Å². The van der Waals surface area contributed by atoms with Gasteiger partial charge in [-0.15, -0.1) is 0 Å². The fourth-order valence-electron chi connectivity index (χ4n) is 2.46. The standard InChI is InChI=1S/C14H19NO6/c1-6-4-2-3-5-7(6)14(21)15-8-9(16)11(18)13(20)12(19)10(8)17/h2-5,8-13,16-20H,1H3,(H,15,21)/t8?,9-,10+,11+,12-,13?. The molecule has 0 heterocycles. The second-order valence-electron chi connectivity index (χ2n) is 5.27. The fourth-order valence-corrected chi connectivity index (χ4v) is 2.46. The molecule has 7 nitrogen and oxygen atoms in total. The minimum absolute atomic E-state index is 0.354. The summed E-state index contributed by atoms with van der Waals surface area (Å²) < 4.78 is 0. The van der Waals surface area contributed by atoms with Crippen LogP contribution < -0.4 is 5.32 Å². The van der Waals surface area contributed by atoms with Crippen LogP contribution >= 0.6 is 0 Å². The zero-order valence-electron chi connectivity index (χ0n) is 11.4.